The second kappa shape index (κ2) is 6.34. The Balaban J connectivity index is 2.16. The van der Waals surface area contributed by atoms with E-state index >= 15 is 0 Å². The minimum Gasteiger partial charge on any atom is -0.385 e. The molecule has 0 unspecified atom stereocenters. The molecular formula is C14H19N3O3S. The molecule has 2 N–H and O–H groups in total. The van der Waals surface area contributed by atoms with E-state index in [0.29, 0.717) is 24.3 Å². The highest BCUT2D eigenvalue weighted by atomic mass is 32.2. The topological polar surface area (TPSA) is 84.3 Å². The summed E-state index contributed by atoms with van der Waals surface area (Å²) in [6.07, 6.45) is 4.24. The number of benzene rings is 1. The van der Waals surface area contributed by atoms with Crippen LogP contribution in [0, 0.1) is 10.1 Å². The molecule has 2 rings (SSSR count). The summed E-state index contributed by atoms with van der Waals surface area (Å²) in [5.41, 5.74) is 0.866. The molecular weight excluding hydrogens is 290 g/mol. The summed E-state index contributed by atoms with van der Waals surface area (Å²) in [7, 11) is 0. The third kappa shape index (κ3) is 3.66. The Hall–Kier alpha value is -1.76. The van der Waals surface area contributed by atoms with E-state index in [2.05, 4.69) is 10.6 Å². The molecule has 1 aromatic carbocycles. The van der Waals surface area contributed by atoms with E-state index in [1.165, 1.54) is 12.1 Å². The van der Waals surface area contributed by atoms with Crippen molar-refractivity contribution in [1.29, 1.82) is 0 Å². The number of nitrogens with zero attached hydrogens (tertiary/aromatic N) is 1. The Morgan fingerprint density at radius 2 is 2.19 bits per heavy atom. The van der Waals surface area contributed by atoms with Crippen molar-refractivity contribution in [3.8, 4) is 0 Å². The normalized spacial score (nSPS) is 15.3. The fourth-order valence-electron chi connectivity index (χ4n) is 2.11. The predicted molar refractivity (Wildman–Crippen MR) is 85.1 cm³/mol. The number of hydrogen-bond donors (Lipinski definition) is 2. The monoisotopic (exact) mass is 309 g/mol. The highest BCUT2D eigenvalue weighted by Gasteiger charge is 2.42. The average molecular weight is 309 g/mol. The van der Waals surface area contributed by atoms with Gasteiger partial charge in [-0.3, -0.25) is 14.9 Å². The molecule has 6 nitrogen and oxygen atoms in total. The predicted octanol–water partition coefficient (Wildman–Crippen LogP) is 2.65. The van der Waals surface area contributed by atoms with E-state index in [9.17, 15) is 14.9 Å². The number of thioether (sulfide) groups is 1. The van der Waals surface area contributed by atoms with E-state index in [1.807, 2.05) is 13.2 Å². The van der Waals surface area contributed by atoms with Gasteiger partial charge in [0.25, 0.3) is 11.6 Å². The molecule has 114 valence electrons. The summed E-state index contributed by atoms with van der Waals surface area (Å²) in [5, 5.41) is 16.8. The quantitative estimate of drug-likeness (QED) is 0.597. The highest BCUT2D eigenvalue weighted by Crippen LogP contribution is 2.46. The largest absolute Gasteiger partial charge is 0.385 e. The van der Waals surface area contributed by atoms with Crippen LogP contribution in [0.5, 0.6) is 0 Å². The molecule has 0 saturated heterocycles. The number of hydrogen-bond acceptors (Lipinski definition) is 5. The van der Waals surface area contributed by atoms with Gasteiger partial charge in [0.1, 0.15) is 0 Å². The third-order valence-electron chi connectivity index (χ3n) is 3.64. The molecule has 1 aliphatic rings. The molecule has 0 aromatic heterocycles. The number of nitro benzene ring substituents is 1. The minimum atomic E-state index is -0.489. The number of carbonyl (C=O) groups is 1. The highest BCUT2D eigenvalue weighted by molar-refractivity contribution is 8.00. The summed E-state index contributed by atoms with van der Waals surface area (Å²) in [6, 6.07) is 4.31. The van der Waals surface area contributed by atoms with Crippen molar-refractivity contribution in [3.05, 3.63) is 33.9 Å². The van der Waals surface area contributed by atoms with Gasteiger partial charge < -0.3 is 10.6 Å². The van der Waals surface area contributed by atoms with Crippen LogP contribution >= 0.6 is 11.8 Å². The number of rotatable bonds is 7. The summed E-state index contributed by atoms with van der Waals surface area (Å²) in [6.45, 7) is 3.16. The first-order valence-corrected chi connectivity index (χ1v) is 8.09. The molecule has 21 heavy (non-hydrogen) atoms. The second-order valence-electron chi connectivity index (χ2n) is 5.09. The van der Waals surface area contributed by atoms with Crippen molar-refractivity contribution in [1.82, 2.24) is 5.32 Å². The molecule has 1 fully saturated rings. The van der Waals surface area contributed by atoms with Gasteiger partial charge in [-0.25, -0.2) is 0 Å². The van der Waals surface area contributed by atoms with Gasteiger partial charge >= 0.3 is 0 Å². The van der Waals surface area contributed by atoms with Crippen molar-refractivity contribution in [3.63, 3.8) is 0 Å². The van der Waals surface area contributed by atoms with Crippen LogP contribution in [-0.4, -0.2) is 34.9 Å². The lowest BCUT2D eigenvalue weighted by atomic mass is 10.1. The Morgan fingerprint density at radius 1 is 1.48 bits per heavy atom. The molecule has 0 bridgehead atoms. The van der Waals surface area contributed by atoms with Crippen molar-refractivity contribution >= 4 is 29.0 Å². The van der Waals surface area contributed by atoms with E-state index in [-0.39, 0.29) is 16.3 Å². The van der Waals surface area contributed by atoms with Crippen molar-refractivity contribution in [2.45, 2.75) is 24.5 Å². The number of nitro groups is 1. The van der Waals surface area contributed by atoms with Gasteiger partial charge in [-0.15, -0.1) is 0 Å². The first kappa shape index (κ1) is 15.6. The van der Waals surface area contributed by atoms with Crippen molar-refractivity contribution < 1.29 is 9.72 Å². The maximum absolute atomic E-state index is 12.3. The maximum Gasteiger partial charge on any atom is 0.270 e. The van der Waals surface area contributed by atoms with E-state index in [4.69, 9.17) is 0 Å². The zero-order valence-electron chi connectivity index (χ0n) is 12.1. The van der Waals surface area contributed by atoms with E-state index < -0.39 is 4.92 Å². The Kier molecular flexibility index (Phi) is 4.72. The van der Waals surface area contributed by atoms with Crippen LogP contribution in [0.3, 0.4) is 0 Å². The first-order chi connectivity index (χ1) is 10.0. The van der Waals surface area contributed by atoms with Crippen molar-refractivity contribution in [2.75, 3.05) is 24.7 Å². The fraction of sp³-hybridized carbons (Fsp3) is 0.500. The smallest absolute Gasteiger partial charge is 0.270 e. The Morgan fingerprint density at radius 3 is 2.71 bits per heavy atom. The molecule has 7 heteroatoms. The van der Waals surface area contributed by atoms with Crippen LogP contribution in [0.25, 0.3) is 0 Å². The molecule has 1 saturated carbocycles. The lowest BCUT2D eigenvalue weighted by molar-refractivity contribution is -0.384. The lowest BCUT2D eigenvalue weighted by Gasteiger charge is -2.15. The molecule has 0 spiro atoms. The van der Waals surface area contributed by atoms with Gasteiger partial charge in [-0.1, -0.05) is 0 Å². The first-order valence-electron chi connectivity index (χ1n) is 6.87. The average Bonchev–Trinajstić information content (AvgIpc) is 3.26. The van der Waals surface area contributed by atoms with Gasteiger partial charge in [0.2, 0.25) is 0 Å². The van der Waals surface area contributed by atoms with Crippen LogP contribution < -0.4 is 10.6 Å². The van der Waals surface area contributed by atoms with Gasteiger partial charge in [-0.05, 0) is 32.1 Å². The number of nitrogens with one attached hydrogen (secondary N) is 2. The number of non-ortho nitro benzene ring substituents is 1. The second-order valence-corrected chi connectivity index (χ2v) is 6.36. The van der Waals surface area contributed by atoms with Crippen LogP contribution in [0.1, 0.15) is 30.1 Å². The molecule has 0 atom stereocenters. The maximum atomic E-state index is 12.3. The van der Waals surface area contributed by atoms with Gasteiger partial charge in [0, 0.05) is 35.7 Å². The Bertz CT molecular complexity index is 558. The molecule has 1 aliphatic carbocycles. The standard InChI is InChI=1S/C14H19N3O3S/c1-3-15-12-5-4-10(17(19)20)8-11(12)13(18)16-9-14(21-2)6-7-14/h4-5,8,15H,3,6-7,9H2,1-2H3,(H,16,18). The molecule has 1 aromatic rings. The molecule has 0 aliphatic heterocycles. The SMILES string of the molecule is CCNc1ccc([N+](=O)[O-])cc1C(=O)NCC1(SC)CC1. The van der Waals surface area contributed by atoms with Crippen LogP contribution in [-0.2, 0) is 0 Å². The Labute approximate surface area is 127 Å². The van der Waals surface area contributed by atoms with E-state index in [0.717, 1.165) is 12.8 Å². The third-order valence-corrected chi connectivity index (χ3v) is 5.06. The molecule has 0 radical (unpaired) electrons. The van der Waals surface area contributed by atoms with E-state index in [1.54, 1.807) is 17.8 Å². The lowest BCUT2D eigenvalue weighted by Crippen LogP contribution is -2.32. The summed E-state index contributed by atoms with van der Waals surface area (Å²) in [5.74, 6) is -0.269. The van der Waals surface area contributed by atoms with Crippen LogP contribution in [0.4, 0.5) is 11.4 Å². The summed E-state index contributed by atoms with van der Waals surface area (Å²) < 4.78 is 0.161. The van der Waals surface area contributed by atoms with Crippen LogP contribution in [0.15, 0.2) is 18.2 Å². The van der Waals surface area contributed by atoms with Gasteiger partial charge in [0.05, 0.1) is 10.5 Å². The zero-order valence-corrected chi connectivity index (χ0v) is 13.0. The number of carbonyl (C=O) groups excluding carboxylic acids is 1. The summed E-state index contributed by atoms with van der Waals surface area (Å²) >= 11 is 1.76. The number of anilines is 1. The zero-order chi connectivity index (χ0) is 15.5. The molecule has 1 amide bonds. The van der Waals surface area contributed by atoms with Gasteiger partial charge in [0.15, 0.2) is 0 Å². The van der Waals surface area contributed by atoms with Crippen LogP contribution in [0.2, 0.25) is 0 Å². The minimum absolute atomic E-state index is 0.0761. The fourth-order valence-corrected chi connectivity index (χ4v) is 2.83. The van der Waals surface area contributed by atoms with Crippen molar-refractivity contribution in [2.24, 2.45) is 0 Å². The van der Waals surface area contributed by atoms with Gasteiger partial charge in [-0.2, -0.15) is 11.8 Å². The summed E-state index contributed by atoms with van der Waals surface area (Å²) in [4.78, 5) is 22.7. The number of amides is 1. The molecule has 0 heterocycles.